The Morgan fingerprint density at radius 2 is 1.64 bits per heavy atom. The minimum Gasteiger partial charge on any atom is -0.324 e. The van der Waals surface area contributed by atoms with Gasteiger partial charge in [0.25, 0.3) is 0 Å². The molecule has 0 aliphatic carbocycles. The van der Waals surface area contributed by atoms with Crippen molar-refractivity contribution in [3.8, 4) is 0 Å². The van der Waals surface area contributed by atoms with E-state index in [0.717, 1.165) is 31.3 Å². The highest BCUT2D eigenvalue weighted by Crippen LogP contribution is 2.46. The molecule has 1 unspecified atom stereocenters. The monoisotopic (exact) mass is 176 g/mol. The van der Waals surface area contributed by atoms with Crippen LogP contribution in [0.4, 0.5) is 0 Å². The van der Waals surface area contributed by atoms with Crippen LogP contribution in [0.25, 0.3) is 0 Å². The molecule has 0 heterocycles. The van der Waals surface area contributed by atoms with E-state index in [1.54, 1.807) is 0 Å². The Morgan fingerprint density at radius 3 is 2.00 bits per heavy atom. The second-order valence-corrected chi connectivity index (χ2v) is 6.82. The van der Waals surface area contributed by atoms with E-state index in [-0.39, 0.29) is 0 Å². The molecule has 0 aromatic heterocycles. The molecule has 0 bridgehead atoms. The van der Waals surface area contributed by atoms with Crippen molar-refractivity contribution in [2.45, 2.75) is 40.0 Å². The zero-order valence-corrected chi connectivity index (χ0v) is 8.99. The summed E-state index contributed by atoms with van der Waals surface area (Å²) in [6.45, 7) is 6.34. The van der Waals surface area contributed by atoms with Crippen molar-refractivity contribution in [1.82, 2.24) is 0 Å². The molecule has 0 saturated carbocycles. The van der Waals surface area contributed by atoms with E-state index in [1.807, 2.05) is 0 Å². The summed E-state index contributed by atoms with van der Waals surface area (Å²) in [4.78, 5) is 0. The number of rotatable bonds is 6. The summed E-state index contributed by atoms with van der Waals surface area (Å²) in [6, 6.07) is 0. The van der Waals surface area contributed by atoms with Gasteiger partial charge >= 0.3 is 0 Å². The van der Waals surface area contributed by atoms with Crippen molar-refractivity contribution in [1.29, 1.82) is 0 Å². The van der Waals surface area contributed by atoms with Crippen LogP contribution in [0.2, 0.25) is 0 Å². The lowest BCUT2D eigenvalue weighted by Crippen LogP contribution is -1.96. The molecule has 0 aliphatic heterocycles. The molecule has 0 aromatic carbocycles. The summed E-state index contributed by atoms with van der Waals surface area (Å²) >= 11 is 0. The molecule has 1 atom stereocenters. The Morgan fingerprint density at radius 1 is 1.00 bits per heavy atom. The van der Waals surface area contributed by atoms with E-state index < -0.39 is 7.14 Å². The molecule has 0 amide bonds. The Hall–Kier alpha value is 0.230. The van der Waals surface area contributed by atoms with Crippen LogP contribution >= 0.6 is 7.14 Å². The van der Waals surface area contributed by atoms with E-state index in [4.69, 9.17) is 0 Å². The third-order valence-electron chi connectivity index (χ3n) is 2.13. The first-order valence-corrected chi connectivity index (χ1v) is 7.02. The molecule has 2 heteroatoms. The van der Waals surface area contributed by atoms with Crippen LogP contribution in [0.1, 0.15) is 40.0 Å². The lowest BCUT2D eigenvalue weighted by molar-refractivity contribution is 0.572. The summed E-state index contributed by atoms with van der Waals surface area (Å²) in [5, 5.41) is 0. The normalized spacial score (nSPS) is 16.3. The van der Waals surface area contributed by atoms with Gasteiger partial charge in [0.2, 0.25) is 0 Å². The van der Waals surface area contributed by atoms with Crippen molar-refractivity contribution in [2.75, 3.05) is 18.5 Å². The van der Waals surface area contributed by atoms with Crippen LogP contribution in [-0.2, 0) is 4.57 Å². The fourth-order valence-corrected chi connectivity index (χ4v) is 3.85. The van der Waals surface area contributed by atoms with Gasteiger partial charge in [0.05, 0.1) is 7.14 Å². The van der Waals surface area contributed by atoms with Gasteiger partial charge in [0.1, 0.15) is 0 Å². The maximum absolute atomic E-state index is 11.9. The largest absolute Gasteiger partial charge is 0.324 e. The molecule has 0 aromatic rings. The van der Waals surface area contributed by atoms with Gasteiger partial charge in [-0.1, -0.05) is 27.2 Å². The van der Waals surface area contributed by atoms with Gasteiger partial charge in [-0.05, 0) is 19.0 Å². The van der Waals surface area contributed by atoms with E-state index in [0.29, 0.717) is 0 Å². The maximum atomic E-state index is 11.9. The molecule has 0 saturated heterocycles. The summed E-state index contributed by atoms with van der Waals surface area (Å²) in [5.41, 5.74) is 0. The Balaban J connectivity index is 3.79. The van der Waals surface area contributed by atoms with Crippen LogP contribution in [0.3, 0.4) is 0 Å². The molecule has 0 N–H and O–H groups in total. The number of hydrogen-bond acceptors (Lipinski definition) is 1. The molecule has 0 aliphatic rings. The summed E-state index contributed by atoms with van der Waals surface area (Å²) in [7, 11) is -1.72. The quantitative estimate of drug-likeness (QED) is 0.565. The second-order valence-electron chi connectivity index (χ2n) is 3.18. The first-order chi connectivity index (χ1) is 5.18. The van der Waals surface area contributed by atoms with Gasteiger partial charge in [-0.15, -0.1) is 0 Å². The van der Waals surface area contributed by atoms with E-state index in [1.165, 1.54) is 6.42 Å². The number of hydrogen-bond donors (Lipinski definition) is 0. The molecule has 11 heavy (non-hydrogen) atoms. The minimum absolute atomic E-state index is 0.904. The van der Waals surface area contributed by atoms with Gasteiger partial charge in [-0.25, -0.2) is 0 Å². The second kappa shape index (κ2) is 5.83. The SMILES string of the molecule is CCCCP(=O)(CC)CCC. The van der Waals surface area contributed by atoms with Crippen LogP contribution in [0, 0.1) is 0 Å². The molecule has 1 nitrogen and oxygen atoms in total. The van der Waals surface area contributed by atoms with Gasteiger partial charge in [-0.3, -0.25) is 0 Å². The minimum atomic E-state index is -1.72. The summed E-state index contributed by atoms with van der Waals surface area (Å²) in [6.07, 6.45) is 6.24. The highest BCUT2D eigenvalue weighted by atomic mass is 31.2. The Kier molecular flexibility index (Phi) is 5.95. The third kappa shape index (κ3) is 4.63. The van der Waals surface area contributed by atoms with Gasteiger partial charge in [-0.2, -0.15) is 0 Å². The predicted octanol–water partition coefficient (Wildman–Crippen LogP) is 3.58. The number of unbranched alkanes of at least 4 members (excludes halogenated alkanes) is 1. The van der Waals surface area contributed by atoms with Crippen molar-refractivity contribution in [3.63, 3.8) is 0 Å². The molecule has 0 rings (SSSR count). The van der Waals surface area contributed by atoms with Crippen LogP contribution < -0.4 is 0 Å². The van der Waals surface area contributed by atoms with E-state index >= 15 is 0 Å². The average molecular weight is 176 g/mol. The zero-order valence-electron chi connectivity index (χ0n) is 8.10. The molecule has 0 fully saturated rings. The third-order valence-corrected chi connectivity index (χ3v) is 5.67. The van der Waals surface area contributed by atoms with Crippen LogP contribution in [0.15, 0.2) is 0 Å². The fraction of sp³-hybridized carbons (Fsp3) is 1.00. The van der Waals surface area contributed by atoms with Crippen molar-refractivity contribution < 1.29 is 4.57 Å². The van der Waals surface area contributed by atoms with Crippen LogP contribution in [0.5, 0.6) is 0 Å². The lowest BCUT2D eigenvalue weighted by Gasteiger charge is -2.14. The smallest absolute Gasteiger partial charge is 0.0874 e. The first kappa shape index (κ1) is 11.2. The van der Waals surface area contributed by atoms with Crippen molar-refractivity contribution in [3.05, 3.63) is 0 Å². The fourth-order valence-electron chi connectivity index (χ4n) is 1.28. The molecule has 0 spiro atoms. The van der Waals surface area contributed by atoms with Gasteiger partial charge in [0.15, 0.2) is 0 Å². The summed E-state index contributed by atoms with van der Waals surface area (Å²) in [5.74, 6) is 0. The van der Waals surface area contributed by atoms with Gasteiger partial charge < -0.3 is 4.57 Å². The highest BCUT2D eigenvalue weighted by Gasteiger charge is 2.16. The van der Waals surface area contributed by atoms with Crippen molar-refractivity contribution >= 4 is 7.14 Å². The molecular formula is C9H21OP. The zero-order chi connectivity index (χ0) is 8.74. The first-order valence-electron chi connectivity index (χ1n) is 4.75. The standard InChI is InChI=1S/C9H21OP/c1-4-7-9-11(10,6-3)8-5-2/h4-9H2,1-3H3. The topological polar surface area (TPSA) is 17.1 Å². The molecule has 0 radical (unpaired) electrons. The Bertz CT molecular complexity index is 132. The maximum Gasteiger partial charge on any atom is 0.0874 e. The van der Waals surface area contributed by atoms with E-state index in [9.17, 15) is 4.57 Å². The van der Waals surface area contributed by atoms with E-state index in [2.05, 4.69) is 20.8 Å². The molecular weight excluding hydrogens is 155 g/mol. The predicted molar refractivity (Wildman–Crippen MR) is 53.1 cm³/mol. The summed E-state index contributed by atoms with van der Waals surface area (Å²) < 4.78 is 11.9. The van der Waals surface area contributed by atoms with Gasteiger partial charge in [0, 0.05) is 12.3 Å². The molecule has 68 valence electrons. The van der Waals surface area contributed by atoms with Crippen molar-refractivity contribution in [2.24, 2.45) is 0 Å². The average Bonchev–Trinajstić information content (AvgIpc) is 2.02. The Labute approximate surface area is 70.9 Å². The lowest BCUT2D eigenvalue weighted by atomic mass is 10.4. The highest BCUT2D eigenvalue weighted by molar-refractivity contribution is 7.63. The van der Waals surface area contributed by atoms with Crippen LogP contribution in [-0.4, -0.2) is 18.5 Å².